The average molecular weight is 340 g/mol. The highest BCUT2D eigenvalue weighted by molar-refractivity contribution is 8.18. The third kappa shape index (κ3) is 3.44. The third-order valence-electron chi connectivity index (χ3n) is 3.49. The van der Waals surface area contributed by atoms with E-state index in [0.29, 0.717) is 21.4 Å². The predicted molar refractivity (Wildman–Crippen MR) is 96.6 cm³/mol. The molecule has 2 aromatic carbocycles. The number of carbonyl (C=O) groups is 1. The third-order valence-corrected chi connectivity index (χ3v) is 4.40. The van der Waals surface area contributed by atoms with Crippen LogP contribution in [0.4, 0.5) is 5.69 Å². The molecular weight excluding hydrogens is 324 g/mol. The van der Waals surface area contributed by atoms with Crippen molar-refractivity contribution in [2.45, 2.75) is 6.92 Å². The molecule has 1 aliphatic rings. The Balaban J connectivity index is 1.85. The Morgan fingerprint density at radius 3 is 2.75 bits per heavy atom. The first-order valence-corrected chi connectivity index (χ1v) is 8.10. The predicted octanol–water partition coefficient (Wildman–Crippen LogP) is 3.60. The maximum atomic E-state index is 12.1. The number of hydrogen-bond donors (Lipinski definition) is 2. The summed E-state index contributed by atoms with van der Waals surface area (Å²) in [6.45, 7) is 1.97. The summed E-state index contributed by atoms with van der Waals surface area (Å²) in [6, 6.07) is 12.7. The number of carbonyl (C=O) groups excluding carboxylic acids is 1. The van der Waals surface area contributed by atoms with Crippen molar-refractivity contribution in [1.82, 2.24) is 5.32 Å². The summed E-state index contributed by atoms with van der Waals surface area (Å²) in [5, 5.41) is 13.1. The maximum absolute atomic E-state index is 12.1. The first-order valence-electron chi connectivity index (χ1n) is 7.29. The lowest BCUT2D eigenvalue weighted by Gasteiger charge is -2.03. The van der Waals surface area contributed by atoms with Crippen LogP contribution in [0.5, 0.6) is 11.5 Å². The normalized spacial score (nSPS) is 17.3. The molecule has 5 nitrogen and oxygen atoms in total. The Kier molecular flexibility index (Phi) is 4.57. The van der Waals surface area contributed by atoms with Crippen LogP contribution in [0.15, 0.2) is 52.4 Å². The van der Waals surface area contributed by atoms with Gasteiger partial charge in [-0.2, -0.15) is 0 Å². The van der Waals surface area contributed by atoms with E-state index in [1.807, 2.05) is 31.2 Å². The van der Waals surface area contributed by atoms with Crippen molar-refractivity contribution >= 4 is 34.6 Å². The smallest absolute Gasteiger partial charge is 0.264 e. The second-order valence-electron chi connectivity index (χ2n) is 5.20. The van der Waals surface area contributed by atoms with Crippen molar-refractivity contribution in [3.8, 4) is 11.5 Å². The Bertz CT molecular complexity index is 859. The molecule has 1 aliphatic heterocycles. The molecule has 0 aromatic heterocycles. The van der Waals surface area contributed by atoms with Crippen LogP contribution in [-0.2, 0) is 4.79 Å². The molecule has 0 unspecified atom stereocenters. The summed E-state index contributed by atoms with van der Waals surface area (Å²) in [4.78, 5) is 17.1. The van der Waals surface area contributed by atoms with Gasteiger partial charge in [-0.05, 0) is 54.1 Å². The van der Waals surface area contributed by atoms with Crippen LogP contribution >= 0.6 is 11.8 Å². The molecule has 24 heavy (non-hydrogen) atoms. The van der Waals surface area contributed by atoms with Crippen LogP contribution in [0, 0.1) is 6.92 Å². The van der Waals surface area contributed by atoms with Gasteiger partial charge in [-0.1, -0.05) is 24.3 Å². The zero-order chi connectivity index (χ0) is 17.1. The lowest BCUT2D eigenvalue weighted by atomic mass is 10.2. The number of thioether (sulfide) groups is 1. The number of phenolic OH excluding ortho intramolecular Hbond substituents is 1. The molecule has 3 rings (SSSR count). The maximum Gasteiger partial charge on any atom is 0.264 e. The number of hydrogen-bond acceptors (Lipinski definition) is 5. The van der Waals surface area contributed by atoms with E-state index in [4.69, 9.17) is 4.74 Å². The van der Waals surface area contributed by atoms with Gasteiger partial charge < -0.3 is 15.2 Å². The number of amidine groups is 1. The lowest BCUT2D eigenvalue weighted by Crippen LogP contribution is -2.19. The summed E-state index contributed by atoms with van der Waals surface area (Å²) in [5.74, 6) is 0.217. The fourth-order valence-electron chi connectivity index (χ4n) is 2.23. The summed E-state index contributed by atoms with van der Waals surface area (Å²) in [7, 11) is 1.49. The fourth-order valence-corrected chi connectivity index (χ4v) is 3.06. The number of methoxy groups -OCH3 is 1. The van der Waals surface area contributed by atoms with Crippen molar-refractivity contribution < 1.29 is 14.6 Å². The number of aryl methyl sites for hydroxylation is 1. The molecule has 2 aromatic rings. The largest absolute Gasteiger partial charge is 0.504 e. The molecular formula is C18H16N2O3S. The summed E-state index contributed by atoms with van der Waals surface area (Å²) < 4.78 is 5.01. The van der Waals surface area contributed by atoms with Crippen molar-refractivity contribution in [2.75, 3.05) is 7.11 Å². The van der Waals surface area contributed by atoms with Crippen molar-refractivity contribution in [3.63, 3.8) is 0 Å². The highest BCUT2D eigenvalue weighted by Gasteiger charge is 2.24. The van der Waals surface area contributed by atoms with E-state index in [-0.39, 0.29) is 11.7 Å². The number of aliphatic imine (C=N–C) groups is 1. The van der Waals surface area contributed by atoms with Crippen LogP contribution in [0.3, 0.4) is 0 Å². The molecule has 2 N–H and O–H groups in total. The molecule has 0 aliphatic carbocycles. The number of ether oxygens (including phenoxy) is 1. The minimum atomic E-state index is -0.206. The Hall–Kier alpha value is -2.73. The number of benzene rings is 2. The molecule has 0 saturated carbocycles. The number of nitrogens with one attached hydrogen (secondary N) is 1. The van der Waals surface area contributed by atoms with E-state index in [1.54, 1.807) is 24.3 Å². The van der Waals surface area contributed by atoms with Gasteiger partial charge in [0.1, 0.15) is 0 Å². The van der Waals surface area contributed by atoms with Gasteiger partial charge in [0.05, 0.1) is 17.7 Å². The zero-order valence-corrected chi connectivity index (χ0v) is 14.1. The van der Waals surface area contributed by atoms with E-state index in [1.165, 1.54) is 18.9 Å². The molecule has 1 saturated heterocycles. The number of aromatic hydroxyl groups is 1. The summed E-state index contributed by atoms with van der Waals surface area (Å²) in [6.07, 6.45) is 1.71. The van der Waals surface area contributed by atoms with Gasteiger partial charge in [0.15, 0.2) is 16.7 Å². The second-order valence-corrected chi connectivity index (χ2v) is 6.23. The van der Waals surface area contributed by atoms with Crippen molar-refractivity contribution in [3.05, 3.63) is 58.5 Å². The molecule has 1 heterocycles. The number of para-hydroxylation sites is 1. The number of nitrogens with zero attached hydrogens (tertiary/aromatic N) is 1. The topological polar surface area (TPSA) is 70.9 Å². The second kappa shape index (κ2) is 6.80. The number of amides is 1. The minimum absolute atomic E-state index is 0.0315. The lowest BCUT2D eigenvalue weighted by molar-refractivity contribution is -0.115. The van der Waals surface area contributed by atoms with Crippen LogP contribution in [-0.4, -0.2) is 23.3 Å². The molecule has 0 bridgehead atoms. The highest BCUT2D eigenvalue weighted by Crippen LogP contribution is 2.31. The van der Waals surface area contributed by atoms with E-state index in [2.05, 4.69) is 10.3 Å². The molecule has 1 amide bonds. The SMILES string of the molecule is COc1ccc(/C=C2\SC(=Nc3ccccc3C)NC2=O)cc1O. The van der Waals surface area contributed by atoms with Gasteiger partial charge in [-0.15, -0.1) is 0 Å². The van der Waals surface area contributed by atoms with Crippen LogP contribution in [0.1, 0.15) is 11.1 Å². The van der Waals surface area contributed by atoms with Gasteiger partial charge in [-0.3, -0.25) is 4.79 Å². The van der Waals surface area contributed by atoms with Crippen LogP contribution in [0.2, 0.25) is 0 Å². The number of phenols is 1. The Labute approximate surface area is 144 Å². The van der Waals surface area contributed by atoms with Crippen molar-refractivity contribution in [2.24, 2.45) is 4.99 Å². The standard InChI is InChI=1S/C18H16N2O3S/c1-11-5-3-4-6-13(11)19-18-20-17(22)16(24-18)10-12-7-8-15(23-2)14(21)9-12/h3-10,21H,1-2H3,(H,19,20,22)/b16-10-. The first-order chi connectivity index (χ1) is 11.6. The van der Waals surface area contributed by atoms with E-state index in [9.17, 15) is 9.90 Å². The van der Waals surface area contributed by atoms with E-state index >= 15 is 0 Å². The minimum Gasteiger partial charge on any atom is -0.504 e. The zero-order valence-electron chi connectivity index (χ0n) is 13.2. The molecule has 0 radical (unpaired) electrons. The number of rotatable bonds is 3. The molecule has 122 valence electrons. The summed E-state index contributed by atoms with van der Waals surface area (Å²) >= 11 is 1.27. The molecule has 0 spiro atoms. The van der Waals surface area contributed by atoms with E-state index < -0.39 is 0 Å². The van der Waals surface area contributed by atoms with Gasteiger partial charge >= 0.3 is 0 Å². The monoisotopic (exact) mass is 340 g/mol. The fraction of sp³-hybridized carbons (Fsp3) is 0.111. The van der Waals surface area contributed by atoms with Gasteiger partial charge in [-0.25, -0.2) is 4.99 Å². The van der Waals surface area contributed by atoms with E-state index in [0.717, 1.165) is 11.3 Å². The highest BCUT2D eigenvalue weighted by atomic mass is 32.2. The van der Waals surface area contributed by atoms with Gasteiger partial charge in [0.2, 0.25) is 0 Å². The summed E-state index contributed by atoms with van der Waals surface area (Å²) in [5.41, 5.74) is 2.57. The van der Waals surface area contributed by atoms with Crippen LogP contribution in [0.25, 0.3) is 6.08 Å². The quantitative estimate of drug-likeness (QED) is 0.838. The Morgan fingerprint density at radius 2 is 2.04 bits per heavy atom. The van der Waals surface area contributed by atoms with Gasteiger partial charge in [0, 0.05) is 0 Å². The van der Waals surface area contributed by atoms with Crippen LogP contribution < -0.4 is 10.1 Å². The molecule has 1 fully saturated rings. The average Bonchev–Trinajstić information content (AvgIpc) is 2.89. The molecule has 0 atom stereocenters. The molecule has 6 heteroatoms. The van der Waals surface area contributed by atoms with Crippen molar-refractivity contribution in [1.29, 1.82) is 0 Å². The first kappa shape index (κ1) is 16.1. The Morgan fingerprint density at radius 1 is 1.25 bits per heavy atom. The van der Waals surface area contributed by atoms with Gasteiger partial charge in [0.25, 0.3) is 5.91 Å².